The molecular weight excluding hydrogens is 362 g/mol. The minimum Gasteiger partial charge on any atom is -0.462 e. The topological polar surface area (TPSA) is 55.3 Å². The van der Waals surface area contributed by atoms with Crippen LogP contribution < -0.4 is 0 Å². The lowest BCUT2D eigenvalue weighted by Crippen LogP contribution is -2.41. The Balaban J connectivity index is 1.37. The molecule has 1 aromatic heterocycles. The molecule has 0 amide bonds. The zero-order chi connectivity index (χ0) is 18.8. The molecule has 1 aliphatic carbocycles. The van der Waals surface area contributed by atoms with Crippen molar-refractivity contribution in [3.63, 3.8) is 0 Å². The van der Waals surface area contributed by atoms with Crippen LogP contribution in [-0.2, 0) is 17.6 Å². The Bertz CT molecular complexity index is 817. The van der Waals surface area contributed by atoms with Crippen molar-refractivity contribution in [1.29, 1.82) is 0 Å². The summed E-state index contributed by atoms with van der Waals surface area (Å²) in [5.74, 6) is 0.235. The Labute approximate surface area is 164 Å². The molecule has 4 rings (SSSR count). The average Bonchev–Trinajstić information content (AvgIpc) is 3.12. The van der Waals surface area contributed by atoms with E-state index in [1.54, 1.807) is 0 Å². The van der Waals surface area contributed by atoms with E-state index in [0.29, 0.717) is 29.3 Å². The van der Waals surface area contributed by atoms with Crippen LogP contribution in [0.25, 0.3) is 0 Å². The molecule has 2 aromatic rings. The molecule has 142 valence electrons. The second-order valence-corrected chi connectivity index (χ2v) is 7.74. The van der Waals surface area contributed by atoms with Crippen LogP contribution in [0.4, 0.5) is 0 Å². The number of hydrogen-bond acceptors (Lipinski definition) is 5. The van der Waals surface area contributed by atoms with Crippen molar-refractivity contribution in [3.05, 3.63) is 57.9 Å². The predicted octanol–water partition coefficient (Wildman–Crippen LogP) is 3.65. The summed E-state index contributed by atoms with van der Waals surface area (Å²) in [6, 6.07) is 10.4. The van der Waals surface area contributed by atoms with Crippen molar-refractivity contribution in [2.45, 2.75) is 44.6 Å². The van der Waals surface area contributed by atoms with E-state index in [0.717, 1.165) is 44.5 Å². The fourth-order valence-corrected chi connectivity index (χ4v) is 4.40. The van der Waals surface area contributed by atoms with Gasteiger partial charge in [-0.3, -0.25) is 4.90 Å². The Kier molecular flexibility index (Phi) is 5.41. The summed E-state index contributed by atoms with van der Waals surface area (Å²) in [7, 11) is 0. The number of likely N-dealkylation sites (tertiary alicyclic amines) is 1. The first kappa shape index (κ1) is 18.4. The summed E-state index contributed by atoms with van der Waals surface area (Å²) >= 11 is 5.84. The highest BCUT2D eigenvalue weighted by Crippen LogP contribution is 2.32. The molecule has 0 saturated carbocycles. The third kappa shape index (κ3) is 3.99. The van der Waals surface area contributed by atoms with Crippen LogP contribution in [0.1, 0.15) is 52.9 Å². The van der Waals surface area contributed by atoms with Crippen LogP contribution in [0.5, 0.6) is 0 Å². The summed E-state index contributed by atoms with van der Waals surface area (Å²) in [4.78, 5) is 14.6. The standard InChI is InChI=1S/C21H24ClN3O2/c1-2-27-21(26)16-4-3-15-12-18(13-17(15)11-16)25-9-7-14(8-10-25)19-5-6-20(22)24-23-19/h3-6,11,14,18H,2,7-10,12-13H2,1H3. The maximum atomic E-state index is 12.0. The van der Waals surface area contributed by atoms with Crippen molar-refractivity contribution in [2.75, 3.05) is 19.7 Å². The number of hydrogen-bond donors (Lipinski definition) is 0. The van der Waals surface area contributed by atoms with E-state index in [1.165, 1.54) is 11.1 Å². The number of nitrogens with zero attached hydrogens (tertiary/aromatic N) is 3. The molecule has 0 spiro atoms. The minimum atomic E-state index is -0.228. The van der Waals surface area contributed by atoms with Gasteiger partial charge < -0.3 is 4.74 Å². The van der Waals surface area contributed by atoms with E-state index in [-0.39, 0.29) is 5.97 Å². The number of rotatable bonds is 4. The smallest absolute Gasteiger partial charge is 0.338 e. The first-order valence-electron chi connectivity index (χ1n) is 9.66. The SMILES string of the molecule is CCOC(=O)c1ccc2c(c1)CC(N1CCC(c3ccc(Cl)nn3)CC1)C2. The maximum absolute atomic E-state index is 12.0. The highest BCUT2D eigenvalue weighted by molar-refractivity contribution is 6.29. The fourth-order valence-electron chi connectivity index (χ4n) is 4.30. The van der Waals surface area contributed by atoms with E-state index < -0.39 is 0 Å². The van der Waals surface area contributed by atoms with Crippen LogP contribution >= 0.6 is 11.6 Å². The number of halogens is 1. The summed E-state index contributed by atoms with van der Waals surface area (Å²) in [5, 5.41) is 8.68. The minimum absolute atomic E-state index is 0.228. The summed E-state index contributed by atoms with van der Waals surface area (Å²) in [5.41, 5.74) is 4.36. The zero-order valence-corrected chi connectivity index (χ0v) is 16.3. The Morgan fingerprint density at radius 1 is 1.15 bits per heavy atom. The molecule has 1 aliphatic heterocycles. The molecule has 1 saturated heterocycles. The van der Waals surface area contributed by atoms with Crippen LogP contribution in [0, 0.1) is 0 Å². The molecule has 0 N–H and O–H groups in total. The second-order valence-electron chi connectivity index (χ2n) is 7.36. The lowest BCUT2D eigenvalue weighted by Gasteiger charge is -2.35. The van der Waals surface area contributed by atoms with Gasteiger partial charge in [-0.05, 0) is 81.1 Å². The van der Waals surface area contributed by atoms with Crippen molar-refractivity contribution in [2.24, 2.45) is 0 Å². The van der Waals surface area contributed by atoms with Gasteiger partial charge in [-0.25, -0.2) is 4.79 Å². The van der Waals surface area contributed by atoms with Gasteiger partial charge in [-0.1, -0.05) is 17.7 Å². The lowest BCUT2D eigenvalue weighted by molar-refractivity contribution is 0.0526. The highest BCUT2D eigenvalue weighted by atomic mass is 35.5. The highest BCUT2D eigenvalue weighted by Gasteiger charge is 2.31. The van der Waals surface area contributed by atoms with Gasteiger partial charge in [0, 0.05) is 12.0 Å². The van der Waals surface area contributed by atoms with Crippen LogP contribution in [0.3, 0.4) is 0 Å². The van der Waals surface area contributed by atoms with Crippen molar-refractivity contribution in [1.82, 2.24) is 15.1 Å². The number of fused-ring (bicyclic) bond motifs is 1. The largest absolute Gasteiger partial charge is 0.462 e. The third-order valence-electron chi connectivity index (χ3n) is 5.75. The van der Waals surface area contributed by atoms with Crippen molar-refractivity contribution < 1.29 is 9.53 Å². The quantitative estimate of drug-likeness (QED) is 0.752. The second kappa shape index (κ2) is 7.95. The summed E-state index contributed by atoms with van der Waals surface area (Å²) < 4.78 is 5.12. The number of piperidine rings is 1. The molecule has 1 atom stereocenters. The van der Waals surface area contributed by atoms with Gasteiger partial charge in [0.15, 0.2) is 5.15 Å². The van der Waals surface area contributed by atoms with E-state index in [4.69, 9.17) is 16.3 Å². The molecular formula is C21H24ClN3O2. The third-order valence-corrected chi connectivity index (χ3v) is 5.95. The van der Waals surface area contributed by atoms with Gasteiger partial charge in [-0.15, -0.1) is 5.10 Å². The molecule has 2 heterocycles. The van der Waals surface area contributed by atoms with Crippen molar-refractivity contribution in [3.8, 4) is 0 Å². The van der Waals surface area contributed by atoms with Gasteiger partial charge in [0.05, 0.1) is 17.9 Å². The zero-order valence-electron chi connectivity index (χ0n) is 15.5. The van der Waals surface area contributed by atoms with E-state index in [9.17, 15) is 4.79 Å². The number of esters is 1. The van der Waals surface area contributed by atoms with Gasteiger partial charge in [0.1, 0.15) is 0 Å². The monoisotopic (exact) mass is 385 g/mol. The molecule has 1 unspecified atom stereocenters. The van der Waals surface area contributed by atoms with Gasteiger partial charge in [-0.2, -0.15) is 5.10 Å². The van der Waals surface area contributed by atoms with Gasteiger partial charge >= 0.3 is 5.97 Å². The Morgan fingerprint density at radius 2 is 1.93 bits per heavy atom. The summed E-state index contributed by atoms with van der Waals surface area (Å²) in [6.07, 6.45) is 4.26. The first-order valence-corrected chi connectivity index (χ1v) is 10.0. The van der Waals surface area contributed by atoms with Gasteiger partial charge in [0.2, 0.25) is 0 Å². The molecule has 27 heavy (non-hydrogen) atoms. The van der Waals surface area contributed by atoms with E-state index in [1.807, 2.05) is 31.2 Å². The molecule has 0 bridgehead atoms. The number of aromatic nitrogens is 2. The van der Waals surface area contributed by atoms with E-state index in [2.05, 4.69) is 21.2 Å². The molecule has 0 radical (unpaired) electrons. The first-order chi connectivity index (χ1) is 13.1. The molecule has 5 nitrogen and oxygen atoms in total. The van der Waals surface area contributed by atoms with Crippen molar-refractivity contribution >= 4 is 17.6 Å². The van der Waals surface area contributed by atoms with E-state index >= 15 is 0 Å². The Hall–Kier alpha value is -1.98. The molecule has 1 fully saturated rings. The molecule has 1 aromatic carbocycles. The maximum Gasteiger partial charge on any atom is 0.338 e. The molecule has 6 heteroatoms. The fraction of sp³-hybridized carbons (Fsp3) is 0.476. The normalized spacial score (nSPS) is 20.4. The van der Waals surface area contributed by atoms with Crippen LogP contribution in [0.15, 0.2) is 30.3 Å². The van der Waals surface area contributed by atoms with Gasteiger partial charge in [0.25, 0.3) is 0 Å². The number of ether oxygens (including phenoxy) is 1. The number of carbonyl (C=O) groups is 1. The Morgan fingerprint density at radius 3 is 2.63 bits per heavy atom. The van der Waals surface area contributed by atoms with Crippen LogP contribution in [-0.4, -0.2) is 46.8 Å². The number of carbonyl (C=O) groups excluding carboxylic acids is 1. The lowest BCUT2D eigenvalue weighted by atomic mass is 9.92. The van der Waals surface area contributed by atoms with Crippen LogP contribution in [0.2, 0.25) is 5.15 Å². The number of benzene rings is 1. The molecule has 2 aliphatic rings. The predicted molar refractivity (Wildman–Crippen MR) is 104 cm³/mol. The summed E-state index contributed by atoms with van der Waals surface area (Å²) in [6.45, 7) is 4.38. The average molecular weight is 386 g/mol.